The Morgan fingerprint density at radius 2 is 1.29 bits per heavy atom. The van der Waals surface area contributed by atoms with Crippen molar-refractivity contribution in [2.75, 3.05) is 39.4 Å². The number of nitrogens with zero attached hydrogens (tertiary/aromatic N) is 7. The van der Waals surface area contributed by atoms with Crippen molar-refractivity contribution in [3.63, 3.8) is 0 Å². The maximum Gasteiger partial charge on any atom is 0.269 e. The number of hydrogen-bond acceptors (Lipinski definition) is 16. The summed E-state index contributed by atoms with van der Waals surface area (Å²) >= 11 is 0. The molecule has 78 heavy (non-hydrogen) atoms. The fraction of sp³-hybridized carbons (Fsp3) is 0.368. The molecule has 8 rings (SSSR count). The summed E-state index contributed by atoms with van der Waals surface area (Å²) < 4.78 is 50.1. The van der Waals surface area contributed by atoms with Gasteiger partial charge in [0.25, 0.3) is 19.9 Å². The normalized spacial score (nSPS) is 16.0. The van der Waals surface area contributed by atoms with E-state index in [4.69, 9.17) is 42.7 Å². The van der Waals surface area contributed by atoms with E-state index in [0.29, 0.717) is 35.5 Å². The van der Waals surface area contributed by atoms with Gasteiger partial charge in [-0.2, -0.15) is 9.97 Å². The van der Waals surface area contributed by atoms with E-state index in [1.54, 1.807) is 63.2 Å². The molecule has 0 aliphatic carbocycles. The summed E-state index contributed by atoms with van der Waals surface area (Å²) in [5.74, 6) is 0.769. The Bertz CT molecular complexity index is 3050. The standard InChI is InChI=1S/C57H65N8O12P/c1-37(2)54(66)60-56-59-53-52(55(61-56)73-32-30-40-14-22-45(23-15-40)64(67)68)58-36-62(53)51-34-49(77-78(63(38(3)4)39(5)6)75-33-31-41-16-24-46(25-17-41)65(69)70)50(76-51)35-74-57(42-12-10-9-11-13-42,43-18-26-47(71-7)27-19-43)44-20-28-48(72-8)29-21-44/h9-29,36-39,49-51H,30-35H2,1-8H3,(H,59,60,61,66)/t49-,50+,51+,78?/m0/s1. The number of rotatable bonds is 26. The predicted molar refractivity (Wildman–Crippen MR) is 295 cm³/mol. The third kappa shape index (κ3) is 13.3. The van der Waals surface area contributed by atoms with Gasteiger partial charge in [0.15, 0.2) is 11.2 Å². The molecule has 4 atom stereocenters. The average Bonchev–Trinajstić information content (AvgIpc) is 4.12. The Kier molecular flexibility index (Phi) is 18.8. The summed E-state index contributed by atoms with van der Waals surface area (Å²) in [4.78, 5) is 49.2. The first-order chi connectivity index (χ1) is 37.6. The predicted octanol–water partition coefficient (Wildman–Crippen LogP) is 11.2. The van der Waals surface area contributed by atoms with Crippen LogP contribution in [0, 0.1) is 26.1 Å². The van der Waals surface area contributed by atoms with Crippen molar-refractivity contribution in [3.8, 4) is 17.4 Å². The quantitative estimate of drug-likeness (QED) is 0.0230. The number of carbonyl (C=O) groups is 1. The number of methoxy groups -OCH3 is 2. The molecule has 21 heteroatoms. The molecule has 7 aromatic rings. The zero-order chi connectivity index (χ0) is 55.5. The first-order valence-electron chi connectivity index (χ1n) is 25.7. The van der Waals surface area contributed by atoms with E-state index in [0.717, 1.165) is 27.8 Å². The van der Waals surface area contributed by atoms with Crippen molar-refractivity contribution in [2.24, 2.45) is 5.92 Å². The van der Waals surface area contributed by atoms with Crippen LogP contribution in [0.5, 0.6) is 17.4 Å². The molecule has 410 valence electrons. The van der Waals surface area contributed by atoms with E-state index in [1.807, 2.05) is 78.9 Å². The number of benzene rings is 5. The molecule has 0 spiro atoms. The van der Waals surface area contributed by atoms with E-state index < -0.39 is 42.4 Å². The monoisotopic (exact) mass is 1080 g/mol. The minimum absolute atomic E-state index is 0.0000413. The van der Waals surface area contributed by atoms with E-state index >= 15 is 0 Å². The van der Waals surface area contributed by atoms with Crippen LogP contribution >= 0.6 is 8.53 Å². The van der Waals surface area contributed by atoms with Crippen molar-refractivity contribution >= 4 is 42.9 Å². The molecule has 1 amide bonds. The molecule has 3 heterocycles. The molecule has 1 saturated heterocycles. The molecule has 0 bridgehead atoms. The molecule has 0 saturated carbocycles. The number of fused-ring (bicyclic) bond motifs is 1. The van der Waals surface area contributed by atoms with Gasteiger partial charge in [-0.15, -0.1) is 0 Å². The Hall–Kier alpha value is -7.45. The highest BCUT2D eigenvalue weighted by molar-refractivity contribution is 7.44. The third-order valence-electron chi connectivity index (χ3n) is 13.3. The largest absolute Gasteiger partial charge is 0.497 e. The Morgan fingerprint density at radius 3 is 1.81 bits per heavy atom. The van der Waals surface area contributed by atoms with Gasteiger partial charge in [0.1, 0.15) is 29.4 Å². The lowest BCUT2D eigenvalue weighted by Crippen LogP contribution is -2.39. The number of hydrogen-bond donors (Lipinski definition) is 1. The second-order valence-electron chi connectivity index (χ2n) is 19.5. The first-order valence-corrected chi connectivity index (χ1v) is 26.9. The van der Waals surface area contributed by atoms with Gasteiger partial charge in [0.05, 0.1) is 56.3 Å². The lowest BCUT2D eigenvalue weighted by atomic mass is 9.80. The van der Waals surface area contributed by atoms with Crippen LogP contribution in [0.3, 0.4) is 0 Å². The summed E-state index contributed by atoms with van der Waals surface area (Å²) in [5.41, 5.74) is 3.59. The Balaban J connectivity index is 1.19. The van der Waals surface area contributed by atoms with Gasteiger partial charge in [-0.3, -0.25) is 34.9 Å². The Morgan fingerprint density at radius 1 is 0.756 bits per heavy atom. The number of nitro benzene ring substituents is 2. The van der Waals surface area contributed by atoms with Gasteiger partial charge in [-0.05, 0) is 86.2 Å². The molecule has 5 aromatic carbocycles. The van der Waals surface area contributed by atoms with Gasteiger partial charge in [0.2, 0.25) is 17.7 Å². The van der Waals surface area contributed by atoms with Crippen LogP contribution in [0.15, 0.2) is 134 Å². The highest BCUT2D eigenvalue weighted by Gasteiger charge is 2.45. The van der Waals surface area contributed by atoms with Crippen LogP contribution in [-0.2, 0) is 41.8 Å². The fourth-order valence-electron chi connectivity index (χ4n) is 9.24. The summed E-state index contributed by atoms with van der Waals surface area (Å²) in [5, 5.41) is 25.5. The summed E-state index contributed by atoms with van der Waals surface area (Å²) in [6.07, 6.45) is 0.548. The number of carbonyl (C=O) groups excluding carboxylic acids is 1. The van der Waals surface area contributed by atoms with Gasteiger partial charge < -0.3 is 32.7 Å². The Labute approximate surface area is 454 Å². The number of aromatic nitrogens is 4. The van der Waals surface area contributed by atoms with Crippen LogP contribution in [0.1, 0.15) is 82.0 Å². The second-order valence-corrected chi connectivity index (χ2v) is 20.9. The van der Waals surface area contributed by atoms with E-state index in [2.05, 4.69) is 42.7 Å². The molecule has 2 aromatic heterocycles. The summed E-state index contributed by atoms with van der Waals surface area (Å²) in [6, 6.07) is 38.2. The van der Waals surface area contributed by atoms with Gasteiger partial charge in [-0.25, -0.2) is 9.65 Å². The van der Waals surface area contributed by atoms with Crippen molar-refractivity contribution in [3.05, 3.63) is 182 Å². The lowest BCUT2D eigenvalue weighted by molar-refractivity contribution is -0.385. The number of anilines is 1. The summed E-state index contributed by atoms with van der Waals surface area (Å²) in [6.45, 7) is 12.3. The number of nitrogens with one attached hydrogen (secondary N) is 1. The molecular formula is C57H65N8O12P. The summed E-state index contributed by atoms with van der Waals surface area (Å²) in [7, 11) is 1.45. The molecule has 1 aliphatic heterocycles. The number of amides is 1. The van der Waals surface area contributed by atoms with E-state index in [-0.39, 0.29) is 73.4 Å². The van der Waals surface area contributed by atoms with Crippen LogP contribution in [0.25, 0.3) is 11.2 Å². The van der Waals surface area contributed by atoms with Crippen LogP contribution in [0.2, 0.25) is 0 Å². The first kappa shape index (κ1) is 56.7. The average molecular weight is 1090 g/mol. The lowest BCUT2D eigenvalue weighted by Gasteiger charge is -2.39. The third-order valence-corrected chi connectivity index (χ3v) is 15.4. The SMILES string of the molecule is COc1ccc(C(OC[C@H]2O[C@@H](n3cnc4c(OCCc5ccc([N+](=O)[O-])cc5)nc(NC(=O)C(C)C)nc43)C[C@@H]2OP(OCCc2ccc([N+](=O)[O-])cc2)N(C(C)C)C(C)C)(c2ccccc2)c2ccc(OC)cc2)cc1. The highest BCUT2D eigenvalue weighted by Crippen LogP contribution is 2.51. The zero-order valence-electron chi connectivity index (χ0n) is 44.9. The van der Waals surface area contributed by atoms with Crippen molar-refractivity contribution in [2.45, 2.75) is 96.9 Å². The molecule has 1 fully saturated rings. The highest BCUT2D eigenvalue weighted by atomic mass is 31.2. The molecule has 1 unspecified atom stereocenters. The van der Waals surface area contributed by atoms with Gasteiger partial charge in [-0.1, -0.05) is 92.7 Å². The second kappa shape index (κ2) is 25.8. The molecule has 0 radical (unpaired) electrons. The number of ether oxygens (including phenoxy) is 5. The maximum atomic E-state index is 13.2. The van der Waals surface area contributed by atoms with Gasteiger partial charge >= 0.3 is 0 Å². The van der Waals surface area contributed by atoms with Crippen molar-refractivity contribution in [1.82, 2.24) is 24.2 Å². The van der Waals surface area contributed by atoms with E-state index in [1.165, 1.54) is 24.3 Å². The van der Waals surface area contributed by atoms with Crippen molar-refractivity contribution < 1.29 is 47.4 Å². The number of non-ortho nitro benzene ring substituents is 2. The maximum absolute atomic E-state index is 13.2. The minimum Gasteiger partial charge on any atom is -0.497 e. The minimum atomic E-state index is -1.79. The smallest absolute Gasteiger partial charge is 0.269 e. The van der Waals surface area contributed by atoms with Crippen molar-refractivity contribution in [1.29, 1.82) is 0 Å². The van der Waals surface area contributed by atoms with Gasteiger partial charge in [0, 0.05) is 55.1 Å². The fourth-order valence-corrected chi connectivity index (χ4v) is 11.0. The molecular weight excluding hydrogens is 1020 g/mol. The number of nitro groups is 2. The number of imidazole rings is 1. The van der Waals surface area contributed by atoms with Crippen LogP contribution < -0.4 is 19.5 Å². The zero-order valence-corrected chi connectivity index (χ0v) is 45.8. The molecule has 20 nitrogen and oxygen atoms in total. The molecule has 1 N–H and O–H groups in total. The molecule has 1 aliphatic rings. The van der Waals surface area contributed by atoms with Crippen LogP contribution in [0.4, 0.5) is 17.3 Å². The topological polar surface area (TPSA) is 227 Å². The van der Waals surface area contributed by atoms with Crippen LogP contribution in [-0.4, -0.2) is 98.3 Å². The van der Waals surface area contributed by atoms with E-state index in [9.17, 15) is 25.0 Å².